The molecule has 28 heavy (non-hydrogen) atoms. The van der Waals surface area contributed by atoms with E-state index < -0.39 is 8.80 Å². The number of hydrogen-bond donors (Lipinski definition) is 1. The molecule has 0 aromatic rings. The van der Waals surface area contributed by atoms with Gasteiger partial charge in [0.25, 0.3) is 0 Å². The zero-order chi connectivity index (χ0) is 20.3. The normalized spacial score (nSPS) is 16.0. The van der Waals surface area contributed by atoms with Gasteiger partial charge in [0.15, 0.2) is 0 Å². The van der Waals surface area contributed by atoms with Gasteiger partial charge < -0.3 is 18.6 Å². The van der Waals surface area contributed by atoms with Crippen molar-refractivity contribution in [2.24, 2.45) is 5.92 Å². The highest BCUT2D eigenvalue weighted by Crippen LogP contribution is 2.23. The van der Waals surface area contributed by atoms with Gasteiger partial charge in [-0.2, -0.15) is 0 Å². The van der Waals surface area contributed by atoms with Gasteiger partial charge in [0.05, 0.1) is 0 Å². The highest BCUT2D eigenvalue weighted by atomic mass is 28.4. The number of nitrogens with one attached hydrogen (secondary N) is 1. The van der Waals surface area contributed by atoms with Gasteiger partial charge in [0.1, 0.15) is 0 Å². The summed E-state index contributed by atoms with van der Waals surface area (Å²) in [7, 11) is -2.41. The van der Waals surface area contributed by atoms with E-state index in [1.54, 1.807) is 0 Å². The van der Waals surface area contributed by atoms with Crippen LogP contribution in [-0.2, 0) is 13.3 Å². The van der Waals surface area contributed by atoms with E-state index in [1.807, 2.05) is 20.8 Å². The highest BCUT2D eigenvalue weighted by Gasteiger charge is 2.39. The summed E-state index contributed by atoms with van der Waals surface area (Å²) in [6, 6.07) is 0.967. The van der Waals surface area contributed by atoms with E-state index in [0.29, 0.717) is 19.8 Å². The summed E-state index contributed by atoms with van der Waals surface area (Å²) in [5.41, 5.74) is 0. The Hall–Kier alpha value is 0.0569. The summed E-state index contributed by atoms with van der Waals surface area (Å²) in [5.74, 6) is 0.962. The van der Waals surface area contributed by atoms with Crippen molar-refractivity contribution in [3.05, 3.63) is 0 Å². The first-order chi connectivity index (χ1) is 13.8. The van der Waals surface area contributed by atoms with Crippen molar-refractivity contribution in [3.8, 4) is 0 Å². The van der Waals surface area contributed by atoms with Crippen LogP contribution in [0.25, 0.3) is 0 Å². The maximum absolute atomic E-state index is 5.93. The van der Waals surface area contributed by atoms with Crippen molar-refractivity contribution < 1.29 is 13.3 Å². The molecule has 1 fully saturated rings. The van der Waals surface area contributed by atoms with E-state index in [2.05, 4.69) is 5.32 Å². The van der Waals surface area contributed by atoms with Crippen molar-refractivity contribution in [2.75, 3.05) is 32.9 Å². The first kappa shape index (κ1) is 26.1. The van der Waals surface area contributed by atoms with Crippen molar-refractivity contribution in [1.29, 1.82) is 0 Å². The molecule has 0 heterocycles. The van der Waals surface area contributed by atoms with Crippen LogP contribution in [-0.4, -0.2) is 41.7 Å². The fraction of sp³-hybridized carbons (Fsp3) is 1.00. The van der Waals surface area contributed by atoms with Gasteiger partial charge in [-0.05, 0) is 65.5 Å². The highest BCUT2D eigenvalue weighted by molar-refractivity contribution is 6.60. The zero-order valence-corrected chi connectivity index (χ0v) is 20.2. The lowest BCUT2D eigenvalue weighted by Crippen LogP contribution is -2.45. The predicted octanol–water partition coefficient (Wildman–Crippen LogP) is 6.33. The molecule has 1 aliphatic rings. The van der Waals surface area contributed by atoms with Crippen molar-refractivity contribution in [3.63, 3.8) is 0 Å². The predicted molar refractivity (Wildman–Crippen MR) is 122 cm³/mol. The summed E-state index contributed by atoms with van der Waals surface area (Å²) >= 11 is 0. The largest absolute Gasteiger partial charge is 0.500 e. The lowest BCUT2D eigenvalue weighted by Gasteiger charge is -2.28. The Kier molecular flexibility index (Phi) is 16.7. The second kappa shape index (κ2) is 17.9. The Morgan fingerprint density at radius 1 is 0.679 bits per heavy atom. The summed E-state index contributed by atoms with van der Waals surface area (Å²) < 4.78 is 17.8. The minimum absolute atomic E-state index is 0.682. The van der Waals surface area contributed by atoms with Gasteiger partial charge in [-0.25, -0.2) is 0 Å². The number of hydrogen-bond acceptors (Lipinski definition) is 4. The molecule has 0 unspecified atom stereocenters. The molecule has 0 radical (unpaired) electrons. The molecule has 1 aliphatic carbocycles. The Balaban J connectivity index is 1.92. The van der Waals surface area contributed by atoms with E-state index in [0.717, 1.165) is 18.4 Å². The van der Waals surface area contributed by atoms with Gasteiger partial charge >= 0.3 is 8.80 Å². The number of unbranched alkanes of at least 4 members (excludes halogenated alkanes) is 7. The summed E-state index contributed by atoms with van der Waals surface area (Å²) in [4.78, 5) is 0. The Morgan fingerprint density at radius 2 is 1.18 bits per heavy atom. The van der Waals surface area contributed by atoms with Crippen molar-refractivity contribution in [1.82, 2.24) is 5.32 Å². The Labute approximate surface area is 176 Å². The van der Waals surface area contributed by atoms with E-state index in [4.69, 9.17) is 13.3 Å². The summed E-state index contributed by atoms with van der Waals surface area (Å²) in [6.07, 6.45) is 17.9. The fourth-order valence-electron chi connectivity index (χ4n) is 4.35. The van der Waals surface area contributed by atoms with Crippen LogP contribution in [0.1, 0.15) is 104 Å². The van der Waals surface area contributed by atoms with Gasteiger partial charge in [0.2, 0.25) is 0 Å². The van der Waals surface area contributed by atoms with E-state index in [9.17, 15) is 0 Å². The summed E-state index contributed by atoms with van der Waals surface area (Å²) in [6.45, 7) is 10.6. The zero-order valence-electron chi connectivity index (χ0n) is 19.2. The molecule has 0 atom stereocenters. The van der Waals surface area contributed by atoms with E-state index in [-0.39, 0.29) is 0 Å². The topological polar surface area (TPSA) is 39.7 Å². The van der Waals surface area contributed by atoms with E-state index in [1.165, 1.54) is 90.1 Å². The Bertz CT molecular complexity index is 321. The third-order valence-corrected chi connectivity index (χ3v) is 8.99. The van der Waals surface area contributed by atoms with Gasteiger partial charge in [0, 0.05) is 25.9 Å². The maximum atomic E-state index is 5.93. The SMILES string of the molecule is CCO[Si](CCCCCCCCCCNCC1CCCCC1)(OCC)OCC. The monoisotopic (exact) mass is 415 g/mol. The van der Waals surface area contributed by atoms with Crippen LogP contribution in [0.5, 0.6) is 0 Å². The molecule has 1 saturated carbocycles. The van der Waals surface area contributed by atoms with Crippen molar-refractivity contribution in [2.45, 2.75) is 110 Å². The van der Waals surface area contributed by atoms with Crippen molar-refractivity contribution >= 4 is 8.80 Å². The quantitative estimate of drug-likeness (QED) is 0.198. The number of rotatable bonds is 19. The van der Waals surface area contributed by atoms with Gasteiger partial charge in [-0.15, -0.1) is 0 Å². The first-order valence-corrected chi connectivity index (χ1v) is 14.3. The van der Waals surface area contributed by atoms with Crippen LogP contribution < -0.4 is 5.32 Å². The second-order valence-electron chi connectivity index (χ2n) is 8.27. The molecule has 0 spiro atoms. The molecule has 0 bridgehead atoms. The molecule has 0 amide bonds. The molecule has 0 aromatic carbocycles. The minimum Gasteiger partial charge on any atom is -0.374 e. The van der Waals surface area contributed by atoms with E-state index >= 15 is 0 Å². The van der Waals surface area contributed by atoms with Crippen LogP contribution in [0, 0.1) is 5.92 Å². The molecular formula is C23H49NO3Si. The molecule has 4 nitrogen and oxygen atoms in total. The first-order valence-electron chi connectivity index (χ1n) is 12.4. The molecule has 5 heteroatoms. The molecule has 0 aromatic heterocycles. The third-order valence-electron chi connectivity index (χ3n) is 5.84. The fourth-order valence-corrected chi connectivity index (χ4v) is 7.04. The standard InChI is InChI=1S/C23H49NO3Si/c1-4-25-28(26-5-2,27-6-3)21-17-12-10-8-7-9-11-16-20-24-22-23-18-14-13-15-19-23/h23-24H,4-22H2,1-3H3. The van der Waals surface area contributed by atoms with Gasteiger partial charge in [-0.3, -0.25) is 0 Å². The lowest BCUT2D eigenvalue weighted by molar-refractivity contribution is 0.0706. The Morgan fingerprint density at radius 3 is 1.71 bits per heavy atom. The minimum atomic E-state index is -2.41. The smallest absolute Gasteiger partial charge is 0.374 e. The molecule has 1 N–H and O–H groups in total. The van der Waals surface area contributed by atoms with Crippen LogP contribution in [0.2, 0.25) is 6.04 Å². The summed E-state index contributed by atoms with van der Waals surface area (Å²) in [5, 5.41) is 3.69. The average molecular weight is 416 g/mol. The maximum Gasteiger partial charge on any atom is 0.500 e. The lowest BCUT2D eigenvalue weighted by atomic mass is 9.89. The molecule has 0 aliphatic heterocycles. The molecule has 1 rings (SSSR count). The van der Waals surface area contributed by atoms with Crippen LogP contribution in [0.4, 0.5) is 0 Å². The third kappa shape index (κ3) is 12.6. The molecule has 168 valence electrons. The van der Waals surface area contributed by atoms with Crippen LogP contribution in [0.3, 0.4) is 0 Å². The van der Waals surface area contributed by atoms with Crippen LogP contribution in [0.15, 0.2) is 0 Å². The van der Waals surface area contributed by atoms with Gasteiger partial charge in [-0.1, -0.05) is 57.8 Å². The molecular weight excluding hydrogens is 366 g/mol. The molecule has 0 saturated heterocycles. The second-order valence-corrected chi connectivity index (χ2v) is 11.0. The van der Waals surface area contributed by atoms with Crippen LogP contribution >= 0.6 is 0 Å². The average Bonchev–Trinajstić information content (AvgIpc) is 2.70.